The van der Waals surface area contributed by atoms with Gasteiger partial charge in [0.1, 0.15) is 11.3 Å². The van der Waals surface area contributed by atoms with Crippen molar-refractivity contribution in [3.05, 3.63) is 109 Å². The summed E-state index contributed by atoms with van der Waals surface area (Å²) in [5.74, 6) is -0.203. The highest BCUT2D eigenvalue weighted by Gasteiger charge is 2.17. The Labute approximate surface area is 173 Å². The van der Waals surface area contributed by atoms with E-state index in [0.29, 0.717) is 12.2 Å². The van der Waals surface area contributed by atoms with E-state index < -0.39 is 0 Å². The summed E-state index contributed by atoms with van der Waals surface area (Å²) in [6.07, 6.45) is 3.85. The molecule has 3 heterocycles. The second-order valence-corrected chi connectivity index (χ2v) is 6.91. The van der Waals surface area contributed by atoms with Crippen LogP contribution in [0.2, 0.25) is 0 Å². The van der Waals surface area contributed by atoms with E-state index in [-0.39, 0.29) is 5.91 Å². The number of para-hydroxylation sites is 1. The summed E-state index contributed by atoms with van der Waals surface area (Å²) < 4.78 is 3.62. The Hall–Kier alpha value is -4.19. The maximum Gasteiger partial charge on any atom is 0.270 e. The standard InChI is InChI=1S/C24H19N5O/c30-24(25-16-19-17-28-14-8-7-13-23(28)26-19)22-15-21(18-9-3-1-4-10-18)27-29(22)20-11-5-2-6-12-20/h1-15,17H,16H2,(H,25,30). The smallest absolute Gasteiger partial charge is 0.270 e. The van der Waals surface area contributed by atoms with E-state index in [1.54, 1.807) is 4.68 Å². The first kappa shape index (κ1) is 17.9. The maximum absolute atomic E-state index is 13.1. The van der Waals surface area contributed by atoms with E-state index in [9.17, 15) is 4.79 Å². The number of aromatic nitrogens is 4. The van der Waals surface area contributed by atoms with Gasteiger partial charge >= 0.3 is 0 Å². The van der Waals surface area contributed by atoms with Crippen LogP contribution in [-0.2, 0) is 6.54 Å². The van der Waals surface area contributed by atoms with Crippen LogP contribution >= 0.6 is 0 Å². The number of carbonyl (C=O) groups is 1. The fourth-order valence-electron chi connectivity index (χ4n) is 3.39. The third-order valence-corrected chi connectivity index (χ3v) is 4.86. The lowest BCUT2D eigenvalue weighted by molar-refractivity contribution is 0.0942. The number of hydrogen-bond donors (Lipinski definition) is 1. The third kappa shape index (κ3) is 3.46. The van der Waals surface area contributed by atoms with E-state index in [1.807, 2.05) is 102 Å². The van der Waals surface area contributed by atoms with E-state index in [1.165, 1.54) is 0 Å². The number of nitrogens with one attached hydrogen (secondary N) is 1. The molecule has 0 saturated heterocycles. The van der Waals surface area contributed by atoms with Crippen molar-refractivity contribution in [2.45, 2.75) is 6.54 Å². The Balaban J connectivity index is 1.45. The molecular weight excluding hydrogens is 374 g/mol. The van der Waals surface area contributed by atoms with Crippen LogP contribution in [0.25, 0.3) is 22.6 Å². The van der Waals surface area contributed by atoms with E-state index in [2.05, 4.69) is 10.3 Å². The van der Waals surface area contributed by atoms with Crippen molar-refractivity contribution in [3.8, 4) is 16.9 Å². The van der Waals surface area contributed by atoms with Crippen LogP contribution in [0.4, 0.5) is 0 Å². The van der Waals surface area contributed by atoms with Gasteiger partial charge in [-0.1, -0.05) is 54.6 Å². The number of rotatable bonds is 5. The van der Waals surface area contributed by atoms with E-state index in [4.69, 9.17) is 5.10 Å². The van der Waals surface area contributed by atoms with Gasteiger partial charge in [0.15, 0.2) is 0 Å². The molecule has 3 aromatic heterocycles. The Morgan fingerprint density at radius 1 is 0.900 bits per heavy atom. The molecule has 6 nitrogen and oxygen atoms in total. The van der Waals surface area contributed by atoms with Crippen LogP contribution in [0.15, 0.2) is 97.3 Å². The number of benzene rings is 2. The first-order valence-corrected chi connectivity index (χ1v) is 9.70. The van der Waals surface area contributed by atoms with Gasteiger partial charge in [0.2, 0.25) is 0 Å². The fraction of sp³-hybridized carbons (Fsp3) is 0.0417. The normalized spacial score (nSPS) is 10.9. The van der Waals surface area contributed by atoms with Gasteiger partial charge in [-0.3, -0.25) is 4.79 Å². The average Bonchev–Trinajstić information content (AvgIpc) is 3.43. The molecule has 0 radical (unpaired) electrons. The predicted molar refractivity (Wildman–Crippen MR) is 115 cm³/mol. The van der Waals surface area contributed by atoms with E-state index >= 15 is 0 Å². The monoisotopic (exact) mass is 393 g/mol. The Morgan fingerprint density at radius 3 is 2.40 bits per heavy atom. The van der Waals surface area contributed by atoms with Crippen molar-refractivity contribution < 1.29 is 4.79 Å². The van der Waals surface area contributed by atoms with Crippen LogP contribution in [0.3, 0.4) is 0 Å². The molecule has 5 rings (SSSR count). The van der Waals surface area contributed by atoms with Crippen LogP contribution in [0, 0.1) is 0 Å². The maximum atomic E-state index is 13.1. The molecule has 0 fully saturated rings. The van der Waals surface area contributed by atoms with Gasteiger partial charge < -0.3 is 9.72 Å². The number of fused-ring (bicyclic) bond motifs is 1. The number of imidazole rings is 1. The predicted octanol–water partition coefficient (Wildman–Crippen LogP) is 4.12. The lowest BCUT2D eigenvalue weighted by atomic mass is 10.1. The minimum atomic E-state index is -0.203. The molecule has 1 amide bonds. The van der Waals surface area contributed by atoms with Gasteiger partial charge in [0, 0.05) is 18.0 Å². The summed E-state index contributed by atoms with van der Waals surface area (Å²) >= 11 is 0. The van der Waals surface area contributed by atoms with Crippen LogP contribution in [0.1, 0.15) is 16.2 Å². The van der Waals surface area contributed by atoms with Gasteiger partial charge in [0.25, 0.3) is 5.91 Å². The van der Waals surface area contributed by atoms with Gasteiger partial charge in [-0.05, 0) is 30.3 Å². The molecule has 0 atom stereocenters. The van der Waals surface area contributed by atoms with Crippen molar-refractivity contribution in [1.29, 1.82) is 0 Å². The zero-order valence-corrected chi connectivity index (χ0v) is 16.1. The molecule has 5 aromatic rings. The number of amides is 1. The number of carbonyl (C=O) groups excluding carboxylic acids is 1. The lowest BCUT2D eigenvalue weighted by Crippen LogP contribution is -2.25. The largest absolute Gasteiger partial charge is 0.345 e. The second kappa shape index (κ2) is 7.67. The molecule has 146 valence electrons. The first-order valence-electron chi connectivity index (χ1n) is 9.70. The molecule has 0 aliphatic heterocycles. The summed E-state index contributed by atoms with van der Waals surface area (Å²) in [4.78, 5) is 17.6. The minimum Gasteiger partial charge on any atom is -0.345 e. The number of hydrogen-bond acceptors (Lipinski definition) is 3. The summed E-state index contributed by atoms with van der Waals surface area (Å²) in [6.45, 7) is 0.334. The molecule has 0 spiro atoms. The zero-order chi connectivity index (χ0) is 20.3. The molecule has 0 bridgehead atoms. The van der Waals surface area contributed by atoms with Gasteiger partial charge in [0.05, 0.1) is 23.6 Å². The Morgan fingerprint density at radius 2 is 1.63 bits per heavy atom. The number of pyridine rings is 1. The number of nitrogens with zero attached hydrogens (tertiary/aromatic N) is 4. The molecule has 1 N–H and O–H groups in total. The lowest BCUT2D eigenvalue weighted by Gasteiger charge is -2.07. The van der Waals surface area contributed by atoms with Crippen molar-refractivity contribution >= 4 is 11.6 Å². The first-order chi connectivity index (χ1) is 14.8. The van der Waals surface area contributed by atoms with Gasteiger partial charge in [-0.15, -0.1) is 0 Å². The second-order valence-electron chi connectivity index (χ2n) is 6.91. The van der Waals surface area contributed by atoms with Gasteiger partial charge in [-0.2, -0.15) is 5.10 Å². The third-order valence-electron chi connectivity index (χ3n) is 4.86. The Bertz CT molecular complexity index is 1270. The highest BCUT2D eigenvalue weighted by atomic mass is 16.2. The van der Waals surface area contributed by atoms with Crippen molar-refractivity contribution in [2.24, 2.45) is 0 Å². The molecule has 0 unspecified atom stereocenters. The summed E-state index contributed by atoms with van der Waals surface area (Å²) in [6, 6.07) is 27.1. The van der Waals surface area contributed by atoms with E-state index in [0.717, 1.165) is 28.3 Å². The Kier molecular flexibility index (Phi) is 4.57. The minimum absolute atomic E-state index is 0.203. The molecular formula is C24H19N5O. The topological polar surface area (TPSA) is 64.2 Å². The van der Waals surface area contributed by atoms with Crippen molar-refractivity contribution in [3.63, 3.8) is 0 Å². The average molecular weight is 393 g/mol. The molecule has 0 saturated carbocycles. The van der Waals surface area contributed by atoms with Crippen LogP contribution in [0.5, 0.6) is 0 Å². The summed E-state index contributed by atoms with van der Waals surface area (Å²) in [5, 5.41) is 7.67. The summed E-state index contributed by atoms with van der Waals surface area (Å²) in [5.41, 5.74) is 4.66. The zero-order valence-electron chi connectivity index (χ0n) is 16.1. The molecule has 0 aliphatic carbocycles. The highest BCUT2D eigenvalue weighted by molar-refractivity contribution is 5.94. The molecule has 0 aliphatic rings. The van der Waals surface area contributed by atoms with Crippen molar-refractivity contribution in [1.82, 2.24) is 24.5 Å². The van der Waals surface area contributed by atoms with Crippen molar-refractivity contribution in [2.75, 3.05) is 0 Å². The molecule has 30 heavy (non-hydrogen) atoms. The quantitative estimate of drug-likeness (QED) is 0.489. The van der Waals surface area contributed by atoms with Crippen LogP contribution < -0.4 is 5.32 Å². The fourth-order valence-corrected chi connectivity index (χ4v) is 3.39. The van der Waals surface area contributed by atoms with Crippen LogP contribution in [-0.4, -0.2) is 25.1 Å². The van der Waals surface area contributed by atoms with Gasteiger partial charge in [-0.25, -0.2) is 9.67 Å². The summed E-state index contributed by atoms with van der Waals surface area (Å²) in [7, 11) is 0. The molecule has 2 aromatic carbocycles. The SMILES string of the molecule is O=C(NCc1cn2ccccc2n1)c1cc(-c2ccccc2)nn1-c1ccccc1. The highest BCUT2D eigenvalue weighted by Crippen LogP contribution is 2.21. The molecule has 6 heteroatoms.